The number of rotatable bonds is 1. The van der Waals surface area contributed by atoms with Crippen LogP contribution in [0.3, 0.4) is 0 Å². The van der Waals surface area contributed by atoms with E-state index >= 15 is 0 Å². The predicted molar refractivity (Wildman–Crippen MR) is 54.8 cm³/mol. The second-order valence-corrected chi connectivity index (χ2v) is 4.57. The number of alkyl halides is 2. The zero-order valence-corrected chi connectivity index (χ0v) is 9.03. The Bertz CT molecular complexity index is 183. The van der Waals surface area contributed by atoms with Crippen LogP contribution in [0.5, 0.6) is 0 Å². The highest BCUT2D eigenvalue weighted by Gasteiger charge is 2.52. The molecule has 3 atom stereocenters. The van der Waals surface area contributed by atoms with Gasteiger partial charge in [0.15, 0.2) is 0 Å². The fraction of sp³-hybridized carbons (Fsp3) is 1.00. The molecule has 2 bridgehead atoms. The largest absolute Gasteiger partial charge is 0.330 e. The lowest BCUT2D eigenvalue weighted by atomic mass is 9.65. The number of halogens is 3. The van der Waals surface area contributed by atoms with Crippen LogP contribution in [-0.4, -0.2) is 12.5 Å². The summed E-state index contributed by atoms with van der Waals surface area (Å²) in [6.45, 7) is 0.586. The summed E-state index contributed by atoms with van der Waals surface area (Å²) in [7, 11) is 0. The van der Waals surface area contributed by atoms with Crippen LogP contribution in [-0.2, 0) is 0 Å². The van der Waals surface area contributed by atoms with Gasteiger partial charge in [0.1, 0.15) is 0 Å². The zero-order valence-electron chi connectivity index (χ0n) is 8.22. The molecule has 0 heterocycles. The van der Waals surface area contributed by atoms with Crippen molar-refractivity contribution in [2.45, 2.75) is 38.0 Å². The van der Waals surface area contributed by atoms with E-state index in [0.29, 0.717) is 38.1 Å². The smallest absolute Gasteiger partial charge is 0.253 e. The first kappa shape index (κ1) is 12.2. The molecule has 2 rings (SSSR count). The highest BCUT2D eigenvalue weighted by atomic mass is 35.5. The Morgan fingerprint density at radius 3 is 2.07 bits per heavy atom. The number of hydrogen-bond acceptors (Lipinski definition) is 1. The maximum Gasteiger partial charge on any atom is 0.253 e. The fourth-order valence-corrected chi connectivity index (χ4v) is 2.97. The molecule has 14 heavy (non-hydrogen) atoms. The molecular weight excluding hydrogens is 208 g/mol. The Kier molecular flexibility index (Phi) is 3.75. The topological polar surface area (TPSA) is 26.0 Å². The molecule has 84 valence electrons. The molecule has 0 amide bonds. The molecule has 2 fully saturated rings. The van der Waals surface area contributed by atoms with Crippen LogP contribution in [0, 0.1) is 17.8 Å². The van der Waals surface area contributed by atoms with Crippen LogP contribution in [0.15, 0.2) is 0 Å². The average Bonchev–Trinajstić information content (AvgIpc) is 2.02. The maximum absolute atomic E-state index is 13.6. The lowest BCUT2D eigenvalue weighted by Gasteiger charge is -2.45. The van der Waals surface area contributed by atoms with Gasteiger partial charge in [-0.05, 0) is 38.1 Å². The number of nitrogens with two attached hydrogens (primary N) is 1. The van der Waals surface area contributed by atoms with Gasteiger partial charge in [0.25, 0.3) is 5.92 Å². The molecule has 1 nitrogen and oxygen atoms in total. The third kappa shape index (κ3) is 1.89. The van der Waals surface area contributed by atoms with Crippen molar-refractivity contribution in [3.05, 3.63) is 0 Å². The van der Waals surface area contributed by atoms with Crippen LogP contribution < -0.4 is 5.73 Å². The van der Waals surface area contributed by atoms with E-state index in [2.05, 4.69) is 0 Å². The van der Waals surface area contributed by atoms with Crippen LogP contribution >= 0.6 is 12.4 Å². The van der Waals surface area contributed by atoms with Crippen LogP contribution in [0.2, 0.25) is 0 Å². The summed E-state index contributed by atoms with van der Waals surface area (Å²) in [5, 5.41) is 0. The normalized spacial score (nSPS) is 40.1. The van der Waals surface area contributed by atoms with Gasteiger partial charge in [-0.3, -0.25) is 0 Å². The summed E-state index contributed by atoms with van der Waals surface area (Å²) in [6.07, 6.45) is 3.71. The molecule has 2 N–H and O–H groups in total. The molecule has 0 aliphatic heterocycles. The second kappa shape index (κ2) is 4.31. The van der Waals surface area contributed by atoms with Crippen molar-refractivity contribution in [1.82, 2.24) is 0 Å². The van der Waals surface area contributed by atoms with Gasteiger partial charge in [0.2, 0.25) is 0 Å². The van der Waals surface area contributed by atoms with Crippen molar-refractivity contribution in [1.29, 1.82) is 0 Å². The van der Waals surface area contributed by atoms with Gasteiger partial charge >= 0.3 is 0 Å². The van der Waals surface area contributed by atoms with Gasteiger partial charge in [-0.15, -0.1) is 12.4 Å². The van der Waals surface area contributed by atoms with Gasteiger partial charge in [-0.1, -0.05) is 6.42 Å². The minimum atomic E-state index is -2.38. The number of hydrogen-bond donors (Lipinski definition) is 1. The van der Waals surface area contributed by atoms with E-state index in [0.717, 1.165) is 6.42 Å². The monoisotopic (exact) mass is 225 g/mol. The predicted octanol–water partition coefficient (Wildman–Crippen LogP) is 2.83. The molecule has 2 aliphatic carbocycles. The van der Waals surface area contributed by atoms with E-state index < -0.39 is 5.92 Å². The molecule has 1 unspecified atom stereocenters. The summed E-state index contributed by atoms with van der Waals surface area (Å²) in [4.78, 5) is 0. The lowest BCUT2D eigenvalue weighted by Crippen LogP contribution is -2.47. The highest BCUT2D eigenvalue weighted by Crippen LogP contribution is 2.52. The Morgan fingerprint density at radius 1 is 1.14 bits per heavy atom. The molecule has 2 aliphatic rings. The Labute approximate surface area is 89.8 Å². The highest BCUT2D eigenvalue weighted by molar-refractivity contribution is 5.85. The van der Waals surface area contributed by atoms with Crippen LogP contribution in [0.1, 0.15) is 32.1 Å². The minimum absolute atomic E-state index is 0. The van der Waals surface area contributed by atoms with Crippen molar-refractivity contribution in [2.75, 3.05) is 6.54 Å². The van der Waals surface area contributed by atoms with E-state index in [4.69, 9.17) is 5.73 Å². The molecule has 0 aromatic heterocycles. The lowest BCUT2D eigenvalue weighted by molar-refractivity contribution is -0.164. The van der Waals surface area contributed by atoms with Gasteiger partial charge in [0, 0.05) is 11.8 Å². The molecule has 0 spiro atoms. The van der Waals surface area contributed by atoms with Crippen LogP contribution in [0.25, 0.3) is 0 Å². The fourth-order valence-electron chi connectivity index (χ4n) is 2.97. The minimum Gasteiger partial charge on any atom is -0.330 e. The van der Waals surface area contributed by atoms with Crippen molar-refractivity contribution < 1.29 is 8.78 Å². The summed E-state index contributed by atoms with van der Waals surface area (Å²) in [5.74, 6) is -2.76. The van der Waals surface area contributed by atoms with Crippen molar-refractivity contribution in [3.63, 3.8) is 0 Å². The zero-order chi connectivity index (χ0) is 9.47. The first-order valence-electron chi connectivity index (χ1n) is 5.22. The second-order valence-electron chi connectivity index (χ2n) is 4.57. The standard InChI is InChI=1S/C10H17F2N.ClH/c11-10(12)8-2-1-3-9(10)5-7(4-8)6-13;/h7-9H,1-6,13H2;1H/t7?,8-,9+;. The molecule has 0 radical (unpaired) electrons. The molecule has 0 saturated heterocycles. The third-order valence-electron chi connectivity index (χ3n) is 3.76. The maximum atomic E-state index is 13.6. The first-order valence-corrected chi connectivity index (χ1v) is 5.22. The molecule has 2 saturated carbocycles. The first-order chi connectivity index (χ1) is 6.14. The quantitative estimate of drug-likeness (QED) is 0.730. The average molecular weight is 226 g/mol. The number of fused-ring (bicyclic) bond motifs is 2. The summed E-state index contributed by atoms with van der Waals surface area (Å²) >= 11 is 0. The van der Waals surface area contributed by atoms with Crippen molar-refractivity contribution >= 4 is 12.4 Å². The summed E-state index contributed by atoms with van der Waals surface area (Å²) in [5.41, 5.74) is 5.55. The van der Waals surface area contributed by atoms with E-state index in [1.807, 2.05) is 0 Å². The van der Waals surface area contributed by atoms with Gasteiger partial charge in [-0.25, -0.2) is 8.78 Å². The van der Waals surface area contributed by atoms with Crippen molar-refractivity contribution in [2.24, 2.45) is 23.5 Å². The molecular formula is C10H18ClF2N. The van der Waals surface area contributed by atoms with E-state index in [1.54, 1.807) is 0 Å². The SMILES string of the molecule is Cl.NCC1C[C@H]2CCC[C@@H](C1)C2(F)F. The molecule has 0 aromatic carbocycles. The molecule has 0 aromatic rings. The van der Waals surface area contributed by atoms with E-state index in [9.17, 15) is 8.78 Å². The summed E-state index contributed by atoms with van der Waals surface area (Å²) in [6, 6.07) is 0. The van der Waals surface area contributed by atoms with Gasteiger partial charge in [0.05, 0.1) is 0 Å². The molecule has 4 heteroatoms. The third-order valence-corrected chi connectivity index (χ3v) is 3.76. The Hall–Kier alpha value is 0.110. The Morgan fingerprint density at radius 2 is 1.64 bits per heavy atom. The van der Waals surface area contributed by atoms with E-state index in [1.165, 1.54) is 0 Å². The van der Waals surface area contributed by atoms with Crippen LogP contribution in [0.4, 0.5) is 8.78 Å². The van der Waals surface area contributed by atoms with E-state index in [-0.39, 0.29) is 24.2 Å². The van der Waals surface area contributed by atoms with Crippen molar-refractivity contribution in [3.8, 4) is 0 Å². The summed E-state index contributed by atoms with van der Waals surface area (Å²) < 4.78 is 27.2. The van der Waals surface area contributed by atoms with Gasteiger partial charge in [-0.2, -0.15) is 0 Å². The van der Waals surface area contributed by atoms with Gasteiger partial charge < -0.3 is 5.73 Å². The Balaban J connectivity index is 0.000000980.